The summed E-state index contributed by atoms with van der Waals surface area (Å²) in [4.78, 5) is 11.6. The van der Waals surface area contributed by atoms with Crippen LogP contribution in [0, 0.1) is 6.92 Å². The van der Waals surface area contributed by atoms with Gasteiger partial charge < -0.3 is 15.2 Å². The van der Waals surface area contributed by atoms with Gasteiger partial charge >= 0.3 is 0 Å². The van der Waals surface area contributed by atoms with Gasteiger partial charge in [-0.25, -0.2) is 0 Å². The van der Waals surface area contributed by atoms with Crippen molar-refractivity contribution in [3.8, 4) is 11.5 Å². The molecule has 0 spiro atoms. The van der Waals surface area contributed by atoms with Crippen molar-refractivity contribution in [3.63, 3.8) is 0 Å². The number of nitrogens with two attached hydrogens (primary N) is 1. The van der Waals surface area contributed by atoms with E-state index in [1.165, 1.54) is 0 Å². The summed E-state index contributed by atoms with van der Waals surface area (Å²) in [6.45, 7) is 2.49. The number of hydrogen-bond acceptors (Lipinski definition) is 4. The number of aryl methyl sites for hydroxylation is 1. The van der Waals surface area contributed by atoms with Gasteiger partial charge in [0, 0.05) is 12.0 Å². The first-order valence-corrected chi connectivity index (χ1v) is 4.86. The molecule has 15 heavy (non-hydrogen) atoms. The molecule has 0 saturated heterocycles. The molecule has 0 atom stereocenters. The first kappa shape index (κ1) is 9.98. The second-order valence-corrected chi connectivity index (χ2v) is 3.49. The summed E-state index contributed by atoms with van der Waals surface area (Å²) in [7, 11) is 0. The quantitative estimate of drug-likeness (QED) is 0.758. The fraction of sp³-hybridized carbons (Fsp3) is 0.364. The maximum absolute atomic E-state index is 11.6. The van der Waals surface area contributed by atoms with Gasteiger partial charge in [-0.2, -0.15) is 0 Å². The van der Waals surface area contributed by atoms with Crippen LogP contribution < -0.4 is 15.2 Å². The molecule has 0 aromatic heterocycles. The highest BCUT2D eigenvalue weighted by Crippen LogP contribution is 2.36. The predicted octanol–water partition coefficient (Wildman–Crippen LogP) is 1.26. The number of benzene rings is 1. The van der Waals surface area contributed by atoms with Crippen LogP contribution in [-0.2, 0) is 0 Å². The Hall–Kier alpha value is -1.55. The maximum Gasteiger partial charge on any atom is 0.231 e. The van der Waals surface area contributed by atoms with Crippen molar-refractivity contribution < 1.29 is 14.3 Å². The number of carbonyl (C=O) groups excluding carboxylic acids is 1. The molecule has 1 aliphatic heterocycles. The highest BCUT2D eigenvalue weighted by molar-refractivity contribution is 5.97. The maximum atomic E-state index is 11.6. The third kappa shape index (κ3) is 1.80. The summed E-state index contributed by atoms with van der Waals surface area (Å²) in [5.41, 5.74) is 6.90. The lowest BCUT2D eigenvalue weighted by atomic mass is 10.0. The SMILES string of the molecule is Cc1cc(C(=O)CCN)cc2c1OCO2. The van der Waals surface area contributed by atoms with Gasteiger partial charge in [0.2, 0.25) is 6.79 Å². The highest BCUT2D eigenvalue weighted by atomic mass is 16.7. The lowest BCUT2D eigenvalue weighted by Gasteiger charge is -2.04. The van der Waals surface area contributed by atoms with Gasteiger partial charge in [-0.1, -0.05) is 0 Å². The molecule has 1 aliphatic rings. The zero-order valence-electron chi connectivity index (χ0n) is 8.58. The Morgan fingerprint density at radius 1 is 1.47 bits per heavy atom. The minimum atomic E-state index is 0.0406. The lowest BCUT2D eigenvalue weighted by Crippen LogP contribution is -2.08. The van der Waals surface area contributed by atoms with Crippen LogP contribution in [-0.4, -0.2) is 19.1 Å². The Morgan fingerprint density at radius 3 is 3.00 bits per heavy atom. The van der Waals surface area contributed by atoms with Gasteiger partial charge in [0.15, 0.2) is 17.3 Å². The van der Waals surface area contributed by atoms with E-state index in [1.54, 1.807) is 6.07 Å². The Bertz CT molecular complexity index is 401. The second-order valence-electron chi connectivity index (χ2n) is 3.49. The smallest absolute Gasteiger partial charge is 0.231 e. The number of ketones is 1. The summed E-state index contributed by atoms with van der Waals surface area (Å²) in [6.07, 6.45) is 0.360. The lowest BCUT2D eigenvalue weighted by molar-refractivity contribution is 0.0985. The molecule has 1 aromatic rings. The number of hydrogen-bond donors (Lipinski definition) is 1. The van der Waals surface area contributed by atoms with Crippen LogP contribution in [0.1, 0.15) is 22.3 Å². The number of carbonyl (C=O) groups is 1. The average Bonchev–Trinajstić information content (AvgIpc) is 2.66. The molecule has 0 amide bonds. The Morgan fingerprint density at radius 2 is 2.27 bits per heavy atom. The largest absolute Gasteiger partial charge is 0.454 e. The normalized spacial score (nSPS) is 12.9. The molecule has 0 saturated carbocycles. The summed E-state index contributed by atoms with van der Waals surface area (Å²) >= 11 is 0. The predicted molar refractivity (Wildman–Crippen MR) is 55.3 cm³/mol. The molecule has 1 aromatic carbocycles. The van der Waals surface area contributed by atoms with Crippen molar-refractivity contribution in [2.45, 2.75) is 13.3 Å². The fourth-order valence-corrected chi connectivity index (χ4v) is 1.62. The molecule has 2 N–H and O–H groups in total. The topological polar surface area (TPSA) is 61.6 Å². The van der Waals surface area contributed by atoms with E-state index in [0.717, 1.165) is 11.3 Å². The van der Waals surface area contributed by atoms with E-state index < -0.39 is 0 Å². The first-order chi connectivity index (χ1) is 7.22. The van der Waals surface area contributed by atoms with Crippen LogP contribution in [0.3, 0.4) is 0 Å². The van der Waals surface area contributed by atoms with Crippen molar-refractivity contribution in [3.05, 3.63) is 23.3 Å². The minimum Gasteiger partial charge on any atom is -0.454 e. The van der Waals surface area contributed by atoms with E-state index in [-0.39, 0.29) is 12.6 Å². The summed E-state index contributed by atoms with van der Waals surface area (Å²) in [5.74, 6) is 1.42. The zero-order valence-corrected chi connectivity index (χ0v) is 8.58. The molecule has 2 rings (SSSR count). The van der Waals surface area contributed by atoms with Crippen LogP contribution in [0.15, 0.2) is 12.1 Å². The zero-order chi connectivity index (χ0) is 10.8. The van der Waals surface area contributed by atoms with E-state index in [4.69, 9.17) is 15.2 Å². The van der Waals surface area contributed by atoms with Crippen LogP contribution in [0.2, 0.25) is 0 Å². The summed E-state index contributed by atoms with van der Waals surface area (Å²) < 4.78 is 10.5. The van der Waals surface area contributed by atoms with Crippen molar-refractivity contribution in [1.82, 2.24) is 0 Å². The second kappa shape index (κ2) is 3.90. The first-order valence-electron chi connectivity index (χ1n) is 4.86. The van der Waals surface area contributed by atoms with Crippen LogP contribution in [0.4, 0.5) is 0 Å². The average molecular weight is 207 g/mol. The van der Waals surface area contributed by atoms with E-state index in [0.29, 0.717) is 24.3 Å². The van der Waals surface area contributed by atoms with Gasteiger partial charge in [-0.3, -0.25) is 4.79 Å². The summed E-state index contributed by atoms with van der Waals surface area (Å²) in [5, 5.41) is 0. The molecule has 80 valence electrons. The van der Waals surface area contributed by atoms with Gasteiger partial charge in [0.05, 0.1) is 0 Å². The molecule has 0 fully saturated rings. The molecule has 0 aliphatic carbocycles. The molecular formula is C11H13NO3. The third-order valence-electron chi connectivity index (χ3n) is 2.35. The van der Waals surface area contributed by atoms with Gasteiger partial charge in [0.25, 0.3) is 0 Å². The number of Topliss-reactive ketones (excluding diaryl/α,β-unsaturated/α-hetero) is 1. The molecule has 0 bridgehead atoms. The molecule has 0 unspecified atom stereocenters. The number of ether oxygens (including phenoxy) is 2. The molecule has 4 nitrogen and oxygen atoms in total. The standard InChI is InChI=1S/C11H13NO3/c1-7-4-8(9(13)2-3-12)5-10-11(7)15-6-14-10/h4-5H,2-3,6,12H2,1H3. The monoisotopic (exact) mass is 207 g/mol. The Kier molecular flexibility index (Phi) is 2.60. The number of fused-ring (bicyclic) bond motifs is 1. The van der Waals surface area contributed by atoms with Crippen molar-refractivity contribution in [2.75, 3.05) is 13.3 Å². The van der Waals surface area contributed by atoms with Crippen LogP contribution in [0.5, 0.6) is 11.5 Å². The van der Waals surface area contributed by atoms with Crippen molar-refractivity contribution in [2.24, 2.45) is 5.73 Å². The van der Waals surface area contributed by atoms with E-state index in [2.05, 4.69) is 0 Å². The number of rotatable bonds is 3. The Labute approximate surface area is 88.0 Å². The van der Waals surface area contributed by atoms with Crippen molar-refractivity contribution >= 4 is 5.78 Å². The van der Waals surface area contributed by atoms with Crippen LogP contribution >= 0.6 is 0 Å². The van der Waals surface area contributed by atoms with E-state index in [9.17, 15) is 4.79 Å². The highest BCUT2D eigenvalue weighted by Gasteiger charge is 2.18. The van der Waals surface area contributed by atoms with Crippen molar-refractivity contribution in [1.29, 1.82) is 0 Å². The molecule has 1 heterocycles. The fourth-order valence-electron chi connectivity index (χ4n) is 1.62. The van der Waals surface area contributed by atoms with E-state index >= 15 is 0 Å². The van der Waals surface area contributed by atoms with Crippen LogP contribution in [0.25, 0.3) is 0 Å². The van der Waals surface area contributed by atoms with E-state index in [1.807, 2.05) is 13.0 Å². The molecule has 0 radical (unpaired) electrons. The summed E-state index contributed by atoms with van der Waals surface area (Å²) in [6, 6.07) is 3.53. The minimum absolute atomic E-state index is 0.0406. The molecule has 4 heteroatoms. The van der Waals surface area contributed by atoms with Gasteiger partial charge in [0.1, 0.15) is 0 Å². The van der Waals surface area contributed by atoms with Gasteiger partial charge in [-0.05, 0) is 31.2 Å². The molecular weight excluding hydrogens is 194 g/mol. The third-order valence-corrected chi connectivity index (χ3v) is 2.35. The Balaban J connectivity index is 2.35. The van der Waals surface area contributed by atoms with Gasteiger partial charge in [-0.15, -0.1) is 0 Å².